The van der Waals surface area contributed by atoms with Crippen LogP contribution < -0.4 is 5.73 Å². The number of likely N-dealkylation sites (tertiary alicyclic amines) is 1. The van der Waals surface area contributed by atoms with Gasteiger partial charge in [-0.2, -0.15) is 0 Å². The van der Waals surface area contributed by atoms with Crippen molar-refractivity contribution in [3.05, 3.63) is 0 Å². The van der Waals surface area contributed by atoms with Crippen molar-refractivity contribution in [3.8, 4) is 0 Å². The van der Waals surface area contributed by atoms with Gasteiger partial charge in [0.25, 0.3) is 0 Å². The molecule has 4 nitrogen and oxygen atoms in total. The summed E-state index contributed by atoms with van der Waals surface area (Å²) in [5.41, 5.74) is 5.47. The standard InChI is InChI=1S/C14H29N3O/c1-14(2,15)11-13(18)17(4)10-7-12-5-8-16(3)9-6-12/h12H,5-11,15H2,1-4H3. The molecule has 1 aliphatic heterocycles. The highest BCUT2D eigenvalue weighted by molar-refractivity contribution is 5.76. The molecular weight excluding hydrogens is 226 g/mol. The largest absolute Gasteiger partial charge is 0.346 e. The lowest BCUT2D eigenvalue weighted by Crippen LogP contribution is -2.40. The van der Waals surface area contributed by atoms with Gasteiger partial charge in [-0.1, -0.05) is 0 Å². The first kappa shape index (κ1) is 15.4. The van der Waals surface area contributed by atoms with Gasteiger partial charge in [-0.3, -0.25) is 4.79 Å². The van der Waals surface area contributed by atoms with Gasteiger partial charge in [-0.25, -0.2) is 0 Å². The summed E-state index contributed by atoms with van der Waals surface area (Å²) in [6.45, 7) is 7.05. The molecule has 0 saturated carbocycles. The Morgan fingerprint density at radius 3 is 2.44 bits per heavy atom. The van der Waals surface area contributed by atoms with Crippen LogP contribution in [0.3, 0.4) is 0 Å². The molecule has 2 N–H and O–H groups in total. The molecule has 0 spiro atoms. The highest BCUT2D eigenvalue weighted by Gasteiger charge is 2.21. The van der Waals surface area contributed by atoms with Crippen molar-refractivity contribution < 1.29 is 4.79 Å². The summed E-state index contributed by atoms with van der Waals surface area (Å²) < 4.78 is 0. The topological polar surface area (TPSA) is 49.6 Å². The van der Waals surface area contributed by atoms with Crippen LogP contribution in [0.25, 0.3) is 0 Å². The first-order valence-electron chi connectivity index (χ1n) is 6.99. The molecule has 1 heterocycles. The number of hydrogen-bond donors (Lipinski definition) is 1. The van der Waals surface area contributed by atoms with E-state index >= 15 is 0 Å². The first-order valence-corrected chi connectivity index (χ1v) is 6.99. The number of rotatable bonds is 5. The third-order valence-electron chi connectivity index (χ3n) is 3.74. The van der Waals surface area contributed by atoms with E-state index in [9.17, 15) is 4.79 Å². The lowest BCUT2D eigenvalue weighted by atomic mass is 9.93. The fourth-order valence-corrected chi connectivity index (χ4v) is 2.38. The summed E-state index contributed by atoms with van der Waals surface area (Å²) in [6, 6.07) is 0. The predicted octanol–water partition coefficient (Wildman–Crippen LogP) is 1.30. The number of carbonyl (C=O) groups is 1. The smallest absolute Gasteiger partial charge is 0.224 e. The maximum Gasteiger partial charge on any atom is 0.224 e. The zero-order valence-corrected chi connectivity index (χ0v) is 12.4. The molecule has 0 radical (unpaired) electrons. The molecule has 0 aliphatic carbocycles. The van der Waals surface area contributed by atoms with Crippen LogP contribution in [-0.4, -0.2) is 55.0 Å². The molecule has 0 atom stereocenters. The second-order valence-corrected chi connectivity index (χ2v) is 6.52. The van der Waals surface area contributed by atoms with Crippen LogP contribution in [-0.2, 0) is 4.79 Å². The number of hydrogen-bond acceptors (Lipinski definition) is 3. The average molecular weight is 255 g/mol. The van der Waals surface area contributed by atoms with E-state index in [1.165, 1.54) is 25.9 Å². The number of piperidine rings is 1. The minimum atomic E-state index is -0.404. The van der Waals surface area contributed by atoms with Crippen molar-refractivity contribution in [2.24, 2.45) is 11.7 Å². The fraction of sp³-hybridized carbons (Fsp3) is 0.929. The Balaban J connectivity index is 2.24. The maximum absolute atomic E-state index is 11.9. The molecule has 0 aromatic carbocycles. The van der Waals surface area contributed by atoms with Gasteiger partial charge in [0.05, 0.1) is 0 Å². The SMILES string of the molecule is CN1CCC(CCN(C)C(=O)CC(C)(C)N)CC1. The van der Waals surface area contributed by atoms with E-state index in [0.29, 0.717) is 6.42 Å². The zero-order valence-electron chi connectivity index (χ0n) is 12.4. The average Bonchev–Trinajstić information content (AvgIpc) is 2.25. The number of amides is 1. The molecule has 18 heavy (non-hydrogen) atoms. The highest BCUT2D eigenvalue weighted by atomic mass is 16.2. The van der Waals surface area contributed by atoms with Crippen LogP contribution in [0.4, 0.5) is 0 Å². The maximum atomic E-state index is 11.9. The van der Waals surface area contributed by atoms with E-state index in [1.54, 1.807) is 0 Å². The second kappa shape index (κ2) is 6.53. The molecule has 1 fully saturated rings. The summed E-state index contributed by atoms with van der Waals surface area (Å²) in [5.74, 6) is 0.942. The monoisotopic (exact) mass is 255 g/mol. The molecular formula is C14H29N3O. The molecule has 0 bridgehead atoms. The Kier molecular flexibility index (Phi) is 5.60. The number of carbonyl (C=O) groups excluding carboxylic acids is 1. The van der Waals surface area contributed by atoms with Gasteiger partial charge in [0.15, 0.2) is 0 Å². The van der Waals surface area contributed by atoms with Gasteiger partial charge in [0.1, 0.15) is 0 Å². The van der Waals surface area contributed by atoms with E-state index in [2.05, 4.69) is 11.9 Å². The molecule has 1 saturated heterocycles. The summed E-state index contributed by atoms with van der Waals surface area (Å²) in [5, 5.41) is 0. The van der Waals surface area contributed by atoms with E-state index in [4.69, 9.17) is 5.73 Å². The van der Waals surface area contributed by atoms with Crippen molar-refractivity contribution in [2.45, 2.75) is 45.1 Å². The Bertz CT molecular complexity index is 265. The lowest BCUT2D eigenvalue weighted by molar-refractivity contribution is -0.131. The third-order valence-corrected chi connectivity index (χ3v) is 3.74. The number of nitrogens with two attached hydrogens (primary N) is 1. The van der Waals surface area contributed by atoms with Gasteiger partial charge in [-0.05, 0) is 59.2 Å². The summed E-state index contributed by atoms with van der Waals surface area (Å²) >= 11 is 0. The van der Waals surface area contributed by atoms with Crippen LogP contribution >= 0.6 is 0 Å². The molecule has 106 valence electrons. The van der Waals surface area contributed by atoms with E-state index in [-0.39, 0.29) is 5.91 Å². The molecule has 4 heteroatoms. The minimum Gasteiger partial charge on any atom is -0.346 e. The van der Waals surface area contributed by atoms with E-state index in [1.807, 2.05) is 25.8 Å². The minimum absolute atomic E-state index is 0.162. The Hall–Kier alpha value is -0.610. The molecule has 0 aromatic rings. The van der Waals surface area contributed by atoms with Gasteiger partial charge in [0, 0.05) is 25.6 Å². The number of nitrogens with zero attached hydrogens (tertiary/aromatic N) is 2. The lowest BCUT2D eigenvalue weighted by Gasteiger charge is -2.30. The van der Waals surface area contributed by atoms with Gasteiger partial charge < -0.3 is 15.5 Å². The molecule has 1 rings (SSSR count). The predicted molar refractivity (Wildman–Crippen MR) is 75.4 cm³/mol. The van der Waals surface area contributed by atoms with Crippen molar-refractivity contribution >= 4 is 5.91 Å². The first-order chi connectivity index (χ1) is 8.28. The van der Waals surface area contributed by atoms with E-state index in [0.717, 1.165) is 18.9 Å². The van der Waals surface area contributed by atoms with Crippen LogP contribution in [0.2, 0.25) is 0 Å². The van der Waals surface area contributed by atoms with Gasteiger partial charge in [0.2, 0.25) is 5.91 Å². The second-order valence-electron chi connectivity index (χ2n) is 6.52. The Labute approximate surface area is 111 Å². The van der Waals surface area contributed by atoms with Crippen molar-refractivity contribution in [3.63, 3.8) is 0 Å². The van der Waals surface area contributed by atoms with Crippen molar-refractivity contribution in [1.82, 2.24) is 9.80 Å². The highest BCUT2D eigenvalue weighted by Crippen LogP contribution is 2.19. The van der Waals surface area contributed by atoms with Crippen LogP contribution in [0.5, 0.6) is 0 Å². The fourth-order valence-electron chi connectivity index (χ4n) is 2.38. The third kappa shape index (κ3) is 5.83. The van der Waals surface area contributed by atoms with E-state index < -0.39 is 5.54 Å². The van der Waals surface area contributed by atoms with Crippen LogP contribution in [0.15, 0.2) is 0 Å². The Morgan fingerprint density at radius 2 is 1.94 bits per heavy atom. The van der Waals surface area contributed by atoms with Gasteiger partial charge in [-0.15, -0.1) is 0 Å². The summed E-state index contributed by atoms with van der Waals surface area (Å²) in [6.07, 6.45) is 4.08. The summed E-state index contributed by atoms with van der Waals surface area (Å²) in [4.78, 5) is 16.1. The Morgan fingerprint density at radius 1 is 1.39 bits per heavy atom. The quantitative estimate of drug-likeness (QED) is 0.805. The molecule has 1 aliphatic rings. The molecule has 1 amide bonds. The zero-order chi connectivity index (χ0) is 13.8. The van der Waals surface area contributed by atoms with Gasteiger partial charge >= 0.3 is 0 Å². The molecule has 0 aromatic heterocycles. The normalized spacial score (nSPS) is 18.9. The molecule has 0 unspecified atom stereocenters. The van der Waals surface area contributed by atoms with Crippen molar-refractivity contribution in [1.29, 1.82) is 0 Å². The van der Waals surface area contributed by atoms with Crippen LogP contribution in [0, 0.1) is 5.92 Å². The summed E-state index contributed by atoms with van der Waals surface area (Å²) in [7, 11) is 4.07. The van der Waals surface area contributed by atoms with Crippen LogP contribution in [0.1, 0.15) is 39.5 Å². The van der Waals surface area contributed by atoms with Crippen molar-refractivity contribution in [2.75, 3.05) is 33.7 Å².